The topological polar surface area (TPSA) is 55.1 Å². The van der Waals surface area contributed by atoms with E-state index in [-0.39, 0.29) is 4.48 Å². The second kappa shape index (κ2) is 5.40. The van der Waals surface area contributed by atoms with Crippen LogP contribution in [0, 0.1) is 13.8 Å². The second-order valence-corrected chi connectivity index (χ2v) is 4.98. The number of carboxylic acids is 1. The molecule has 0 amide bonds. The Bertz CT molecular complexity index is 645. The first-order valence-electron chi connectivity index (χ1n) is 5.73. The van der Waals surface area contributed by atoms with Crippen molar-refractivity contribution in [3.63, 3.8) is 0 Å². The van der Waals surface area contributed by atoms with Crippen molar-refractivity contribution < 1.29 is 9.90 Å². The Kier molecular flexibility index (Phi) is 3.85. The van der Waals surface area contributed by atoms with Crippen LogP contribution in [0.25, 0.3) is 11.8 Å². The summed E-state index contributed by atoms with van der Waals surface area (Å²) in [5, 5.41) is 13.4. The van der Waals surface area contributed by atoms with Crippen LogP contribution in [0.5, 0.6) is 0 Å². The van der Waals surface area contributed by atoms with E-state index in [1.807, 2.05) is 48.9 Å². The summed E-state index contributed by atoms with van der Waals surface area (Å²) in [7, 11) is 0. The van der Waals surface area contributed by atoms with Gasteiger partial charge in [-0.15, -0.1) is 0 Å². The predicted molar refractivity (Wildman–Crippen MR) is 77.6 cm³/mol. The van der Waals surface area contributed by atoms with Crippen LogP contribution in [-0.4, -0.2) is 20.9 Å². The molecule has 1 aromatic carbocycles. The fourth-order valence-electron chi connectivity index (χ4n) is 1.87. The number of aliphatic carboxylic acids is 1. The number of hydrogen-bond donors (Lipinski definition) is 1. The predicted octanol–water partition coefficient (Wildman–Crippen LogP) is 3.31. The van der Waals surface area contributed by atoms with Crippen LogP contribution >= 0.6 is 15.9 Å². The molecule has 0 spiro atoms. The van der Waals surface area contributed by atoms with E-state index in [9.17, 15) is 4.79 Å². The van der Waals surface area contributed by atoms with Crippen molar-refractivity contribution in [1.29, 1.82) is 0 Å². The van der Waals surface area contributed by atoms with Gasteiger partial charge in [0.15, 0.2) is 0 Å². The van der Waals surface area contributed by atoms with Crippen molar-refractivity contribution in [2.24, 2.45) is 0 Å². The summed E-state index contributed by atoms with van der Waals surface area (Å²) in [6.45, 7) is 3.78. The number of aryl methyl sites for hydroxylation is 1. The van der Waals surface area contributed by atoms with Gasteiger partial charge in [-0.05, 0) is 48.0 Å². The van der Waals surface area contributed by atoms with Gasteiger partial charge >= 0.3 is 5.97 Å². The maximum absolute atomic E-state index is 10.9. The van der Waals surface area contributed by atoms with Crippen LogP contribution in [-0.2, 0) is 4.79 Å². The van der Waals surface area contributed by atoms with E-state index < -0.39 is 5.97 Å². The molecule has 0 radical (unpaired) electrons. The summed E-state index contributed by atoms with van der Waals surface area (Å²) < 4.78 is 1.93. The van der Waals surface area contributed by atoms with Crippen LogP contribution in [0.15, 0.2) is 34.8 Å². The SMILES string of the molecule is Cc1nn(-c2ccccc2)c(C)c1C=C(Br)C(=O)O. The van der Waals surface area contributed by atoms with Crippen molar-refractivity contribution in [2.45, 2.75) is 13.8 Å². The lowest BCUT2D eigenvalue weighted by atomic mass is 10.2. The van der Waals surface area contributed by atoms with Crippen LogP contribution in [0.1, 0.15) is 17.0 Å². The number of nitrogens with zero attached hydrogens (tertiary/aromatic N) is 2. The lowest BCUT2D eigenvalue weighted by molar-refractivity contribution is -0.131. The first kappa shape index (κ1) is 13.5. The van der Waals surface area contributed by atoms with Crippen molar-refractivity contribution in [2.75, 3.05) is 0 Å². The van der Waals surface area contributed by atoms with Gasteiger partial charge in [0.1, 0.15) is 4.48 Å². The zero-order valence-corrected chi connectivity index (χ0v) is 12.2. The normalized spacial score (nSPS) is 11.6. The third-order valence-corrected chi connectivity index (χ3v) is 3.39. The molecule has 5 heteroatoms. The summed E-state index contributed by atoms with van der Waals surface area (Å²) in [5.74, 6) is -0.994. The molecule has 4 nitrogen and oxygen atoms in total. The molecule has 0 aliphatic carbocycles. The van der Waals surface area contributed by atoms with Gasteiger partial charge in [-0.2, -0.15) is 5.10 Å². The van der Waals surface area contributed by atoms with Gasteiger partial charge in [0.2, 0.25) is 0 Å². The molecule has 0 saturated carbocycles. The van der Waals surface area contributed by atoms with Gasteiger partial charge in [-0.25, -0.2) is 9.48 Å². The first-order chi connectivity index (χ1) is 9.00. The first-order valence-corrected chi connectivity index (χ1v) is 6.52. The molecule has 1 aromatic heterocycles. The van der Waals surface area contributed by atoms with Crippen LogP contribution in [0.3, 0.4) is 0 Å². The highest BCUT2D eigenvalue weighted by Crippen LogP contribution is 2.22. The van der Waals surface area contributed by atoms with Crippen LogP contribution in [0.2, 0.25) is 0 Å². The molecule has 1 N–H and O–H groups in total. The van der Waals surface area contributed by atoms with Crippen molar-refractivity contribution >= 4 is 28.0 Å². The Hall–Kier alpha value is -1.88. The molecule has 1 heterocycles. The third kappa shape index (κ3) is 2.76. The summed E-state index contributed by atoms with van der Waals surface area (Å²) in [5.41, 5.74) is 3.47. The second-order valence-electron chi connectivity index (χ2n) is 4.13. The van der Waals surface area contributed by atoms with E-state index in [0.29, 0.717) is 0 Å². The fourth-order valence-corrected chi connectivity index (χ4v) is 2.10. The van der Waals surface area contributed by atoms with E-state index >= 15 is 0 Å². The number of para-hydroxylation sites is 1. The Morgan fingerprint density at radius 3 is 2.53 bits per heavy atom. The van der Waals surface area contributed by atoms with E-state index in [2.05, 4.69) is 21.0 Å². The van der Waals surface area contributed by atoms with E-state index in [1.165, 1.54) is 0 Å². The number of aromatic nitrogens is 2. The summed E-state index contributed by atoms with van der Waals surface area (Å²) in [6.07, 6.45) is 1.58. The minimum atomic E-state index is -0.994. The van der Waals surface area contributed by atoms with Gasteiger partial charge in [0.05, 0.1) is 11.4 Å². The summed E-state index contributed by atoms with van der Waals surface area (Å²) >= 11 is 3.04. The Balaban J connectivity index is 2.53. The average molecular weight is 321 g/mol. The summed E-state index contributed by atoms with van der Waals surface area (Å²) in [4.78, 5) is 10.9. The Labute approximate surface area is 119 Å². The molecule has 2 aromatic rings. The monoisotopic (exact) mass is 320 g/mol. The maximum atomic E-state index is 10.9. The number of rotatable bonds is 3. The highest BCUT2D eigenvalue weighted by molar-refractivity contribution is 9.12. The smallest absolute Gasteiger partial charge is 0.342 e. The van der Waals surface area contributed by atoms with Gasteiger partial charge in [-0.3, -0.25) is 0 Å². The van der Waals surface area contributed by atoms with Gasteiger partial charge in [-0.1, -0.05) is 18.2 Å². The lowest BCUT2D eigenvalue weighted by Gasteiger charge is -2.03. The number of benzene rings is 1. The van der Waals surface area contributed by atoms with Crippen molar-refractivity contribution in [3.8, 4) is 5.69 Å². The number of carbonyl (C=O) groups is 1. The minimum Gasteiger partial charge on any atom is -0.477 e. The van der Waals surface area contributed by atoms with Gasteiger partial charge < -0.3 is 5.11 Å². The molecule has 0 fully saturated rings. The largest absolute Gasteiger partial charge is 0.477 e. The highest BCUT2D eigenvalue weighted by Gasteiger charge is 2.13. The molecule has 2 rings (SSSR count). The molecule has 0 bridgehead atoms. The van der Waals surface area contributed by atoms with E-state index in [4.69, 9.17) is 5.11 Å². The number of carboxylic acid groups (broad SMARTS) is 1. The lowest BCUT2D eigenvalue weighted by Crippen LogP contribution is -1.98. The molecule has 19 heavy (non-hydrogen) atoms. The molecule has 98 valence electrons. The fraction of sp³-hybridized carbons (Fsp3) is 0.143. The molecule has 0 unspecified atom stereocenters. The zero-order valence-electron chi connectivity index (χ0n) is 10.6. The van der Waals surface area contributed by atoms with E-state index in [0.717, 1.165) is 22.6 Å². The Morgan fingerprint density at radius 2 is 1.95 bits per heavy atom. The molecular formula is C14H13BrN2O2. The molecule has 0 atom stereocenters. The Morgan fingerprint density at radius 1 is 1.32 bits per heavy atom. The van der Waals surface area contributed by atoms with Gasteiger partial charge in [0.25, 0.3) is 0 Å². The zero-order chi connectivity index (χ0) is 14.0. The molecule has 0 aliphatic rings. The standard InChI is InChI=1S/C14H13BrN2O2/c1-9-12(8-13(15)14(18)19)10(2)17(16-9)11-6-4-3-5-7-11/h3-8H,1-2H3,(H,18,19). The van der Waals surface area contributed by atoms with Crippen molar-refractivity contribution in [3.05, 3.63) is 51.8 Å². The molecule has 0 aliphatic heterocycles. The van der Waals surface area contributed by atoms with Crippen molar-refractivity contribution in [1.82, 2.24) is 9.78 Å². The van der Waals surface area contributed by atoms with Gasteiger partial charge in [0, 0.05) is 11.3 Å². The number of hydrogen-bond acceptors (Lipinski definition) is 2. The highest BCUT2D eigenvalue weighted by atomic mass is 79.9. The quantitative estimate of drug-likeness (QED) is 0.883. The number of halogens is 1. The maximum Gasteiger partial charge on any atom is 0.342 e. The summed E-state index contributed by atoms with van der Waals surface area (Å²) in [6, 6.07) is 9.73. The van der Waals surface area contributed by atoms with E-state index in [1.54, 1.807) is 6.08 Å². The average Bonchev–Trinajstić information content (AvgIpc) is 2.67. The molecular weight excluding hydrogens is 308 g/mol. The minimum absolute atomic E-state index is 0.117. The van der Waals surface area contributed by atoms with Crippen LogP contribution < -0.4 is 0 Å². The molecule has 0 saturated heterocycles. The van der Waals surface area contributed by atoms with Crippen LogP contribution in [0.4, 0.5) is 0 Å². The third-order valence-electron chi connectivity index (χ3n) is 2.82.